The molecule has 0 spiro atoms. The Morgan fingerprint density at radius 3 is 2.75 bits per heavy atom. The van der Waals surface area contributed by atoms with Gasteiger partial charge in [-0.25, -0.2) is 9.97 Å². The number of hydrogen-bond acceptors (Lipinski definition) is 5. The fraction of sp³-hybridized carbons (Fsp3) is 0.652. The number of nitrogens with two attached hydrogens (primary N) is 1. The van der Waals surface area contributed by atoms with E-state index in [2.05, 4.69) is 21.4 Å². The van der Waals surface area contributed by atoms with Crippen molar-refractivity contribution < 1.29 is 17.9 Å². The predicted octanol–water partition coefficient (Wildman–Crippen LogP) is 3.49. The van der Waals surface area contributed by atoms with Crippen molar-refractivity contribution in [1.82, 2.24) is 19.4 Å². The first-order valence-corrected chi connectivity index (χ1v) is 11.6. The second kappa shape index (κ2) is 6.05. The Morgan fingerprint density at radius 1 is 1.25 bits per heavy atom. The fourth-order valence-electron chi connectivity index (χ4n) is 7.00. The van der Waals surface area contributed by atoms with Gasteiger partial charge in [0.2, 0.25) is 0 Å². The van der Waals surface area contributed by atoms with Crippen LogP contribution in [0.4, 0.5) is 19.0 Å². The highest BCUT2D eigenvalue weighted by atomic mass is 19.4. The van der Waals surface area contributed by atoms with Gasteiger partial charge in [0.05, 0.1) is 30.0 Å². The molecule has 6 nitrogen and oxygen atoms in total. The van der Waals surface area contributed by atoms with Crippen LogP contribution in [-0.4, -0.2) is 51.3 Å². The minimum Gasteiger partial charge on any atom is -0.383 e. The van der Waals surface area contributed by atoms with Gasteiger partial charge >= 0.3 is 6.18 Å². The van der Waals surface area contributed by atoms with Crippen LogP contribution < -0.4 is 5.73 Å². The van der Waals surface area contributed by atoms with E-state index in [1.807, 2.05) is 6.20 Å². The lowest BCUT2D eigenvalue weighted by Gasteiger charge is -2.38. The molecular weight excluding hydrogens is 419 g/mol. The Hall–Kier alpha value is -2.13. The summed E-state index contributed by atoms with van der Waals surface area (Å²) in [5, 5.41) is 0. The number of aromatic nitrogens is 3. The fourth-order valence-corrected chi connectivity index (χ4v) is 7.00. The molecule has 8 rings (SSSR count). The number of nitrogens with zero attached hydrogens (tertiary/aromatic N) is 4. The molecule has 2 N–H and O–H groups in total. The van der Waals surface area contributed by atoms with E-state index in [-0.39, 0.29) is 5.54 Å². The van der Waals surface area contributed by atoms with Crippen LogP contribution in [0.5, 0.6) is 0 Å². The van der Waals surface area contributed by atoms with E-state index >= 15 is 0 Å². The van der Waals surface area contributed by atoms with Crippen LogP contribution in [0, 0.1) is 17.8 Å². The lowest BCUT2D eigenvalue weighted by Crippen LogP contribution is -2.49. The molecule has 1 saturated heterocycles. The van der Waals surface area contributed by atoms with Gasteiger partial charge in [-0.1, -0.05) is 0 Å². The van der Waals surface area contributed by atoms with Gasteiger partial charge in [-0.15, -0.1) is 0 Å². The summed E-state index contributed by atoms with van der Waals surface area (Å²) in [6, 6.07) is 2.11. The van der Waals surface area contributed by atoms with Gasteiger partial charge in [0, 0.05) is 48.4 Å². The molecule has 3 heterocycles. The Morgan fingerprint density at radius 2 is 2.06 bits per heavy atom. The number of alkyl halides is 3. The lowest BCUT2D eigenvalue weighted by atomic mass is 10.1. The normalized spacial score (nSPS) is 38.1. The predicted molar refractivity (Wildman–Crippen MR) is 111 cm³/mol. The number of imidazole rings is 1. The SMILES string of the molecule is C[C@H]1COCCN1C1C[C@@H]2[C@@H]3C1[C@@]23n1cc(-c2cnc(N)c(C(F)(F)F)c2)nc1C1CC1. The topological polar surface area (TPSA) is 69.2 Å². The average molecular weight is 445 g/mol. The summed E-state index contributed by atoms with van der Waals surface area (Å²) in [7, 11) is 0. The molecule has 2 unspecified atom stereocenters. The molecule has 0 aromatic carbocycles. The van der Waals surface area contributed by atoms with Crippen molar-refractivity contribution in [3.05, 3.63) is 29.8 Å². The van der Waals surface area contributed by atoms with Crippen LogP contribution in [0.25, 0.3) is 11.3 Å². The summed E-state index contributed by atoms with van der Waals surface area (Å²) in [5.74, 6) is 2.97. The summed E-state index contributed by atoms with van der Waals surface area (Å²) in [4.78, 5) is 11.3. The number of halogens is 3. The van der Waals surface area contributed by atoms with Crippen LogP contribution in [0.1, 0.15) is 43.5 Å². The van der Waals surface area contributed by atoms with E-state index in [1.54, 1.807) is 0 Å². The number of nitrogen functional groups attached to an aromatic ring is 1. The molecule has 32 heavy (non-hydrogen) atoms. The van der Waals surface area contributed by atoms with E-state index in [1.165, 1.54) is 12.6 Å². The summed E-state index contributed by atoms with van der Waals surface area (Å²) >= 11 is 0. The number of ether oxygens (including phenoxy) is 1. The molecule has 170 valence electrons. The van der Waals surface area contributed by atoms with Crippen LogP contribution >= 0.6 is 0 Å². The van der Waals surface area contributed by atoms with Crippen LogP contribution in [0.2, 0.25) is 0 Å². The summed E-state index contributed by atoms with van der Waals surface area (Å²) in [6.07, 6.45) is 2.29. The molecule has 2 aromatic rings. The molecule has 5 aliphatic carbocycles. The van der Waals surface area contributed by atoms with Gasteiger partial charge in [0.15, 0.2) is 0 Å². The Balaban J connectivity index is 1.24. The third-order valence-electron chi connectivity index (χ3n) is 8.63. The molecule has 0 radical (unpaired) electrons. The van der Waals surface area contributed by atoms with Gasteiger partial charge in [0.1, 0.15) is 11.6 Å². The van der Waals surface area contributed by atoms with Crippen molar-refractivity contribution >= 4 is 5.82 Å². The zero-order valence-electron chi connectivity index (χ0n) is 17.8. The van der Waals surface area contributed by atoms with E-state index in [0.29, 0.717) is 47.0 Å². The highest BCUT2D eigenvalue weighted by molar-refractivity contribution is 5.63. The molecule has 9 heteroatoms. The van der Waals surface area contributed by atoms with Crippen LogP contribution in [-0.2, 0) is 16.5 Å². The largest absolute Gasteiger partial charge is 0.419 e. The third kappa shape index (κ3) is 2.44. The summed E-state index contributed by atoms with van der Waals surface area (Å²) in [5.41, 5.74) is 5.71. The van der Waals surface area contributed by atoms with Crippen molar-refractivity contribution in [2.24, 2.45) is 17.8 Å². The highest BCUT2D eigenvalue weighted by Gasteiger charge is 2.94. The van der Waals surface area contributed by atoms with Crippen LogP contribution in [0.3, 0.4) is 0 Å². The maximum Gasteiger partial charge on any atom is 0.419 e. The standard InChI is InChI=1S/C23H26F3N5O/c1-11-10-32-5-4-30(11)17-7-14-18-19(17)22(14,18)31-9-16(29-21(31)12-2-3-12)13-6-15(23(24,25)26)20(27)28-8-13/h6,8-9,11-12,14,17-19H,2-5,7,10H2,1H3,(H2,27,28)/t11-,14+,17?,18+,19?,22+/m0/s1. The van der Waals surface area contributed by atoms with Crippen molar-refractivity contribution in [3.63, 3.8) is 0 Å². The number of pyridine rings is 1. The van der Waals surface area contributed by atoms with Gasteiger partial charge in [-0.2, -0.15) is 13.2 Å². The van der Waals surface area contributed by atoms with Gasteiger partial charge in [0.25, 0.3) is 0 Å². The zero-order valence-corrected chi connectivity index (χ0v) is 17.8. The number of anilines is 1. The molecule has 0 amide bonds. The monoisotopic (exact) mass is 445 g/mol. The van der Waals surface area contributed by atoms with Gasteiger partial charge in [-0.05, 0) is 44.1 Å². The first-order valence-electron chi connectivity index (χ1n) is 11.6. The number of hydrogen-bond donors (Lipinski definition) is 1. The molecule has 2 bridgehead atoms. The number of morpholine rings is 1. The first-order chi connectivity index (χ1) is 15.3. The van der Waals surface area contributed by atoms with Crippen LogP contribution in [0.15, 0.2) is 18.5 Å². The Kier molecular flexibility index (Phi) is 3.66. The van der Waals surface area contributed by atoms with Crippen molar-refractivity contribution in [2.45, 2.75) is 55.9 Å². The second-order valence-corrected chi connectivity index (χ2v) is 10.3. The zero-order chi connectivity index (χ0) is 22.0. The van der Waals surface area contributed by atoms with E-state index in [4.69, 9.17) is 15.5 Å². The maximum atomic E-state index is 13.4. The minimum atomic E-state index is -4.53. The molecule has 5 saturated carbocycles. The molecule has 6 atom stereocenters. The average Bonchev–Trinajstić information content (AvgIpc) is 3.69. The maximum absolute atomic E-state index is 13.4. The molecular formula is C23H26F3N5O. The molecule has 1 aliphatic heterocycles. The molecule has 6 aliphatic rings. The van der Waals surface area contributed by atoms with Crippen molar-refractivity contribution in [1.29, 1.82) is 0 Å². The lowest BCUT2D eigenvalue weighted by molar-refractivity contribution is -0.137. The van der Waals surface area contributed by atoms with Crippen molar-refractivity contribution in [3.8, 4) is 11.3 Å². The third-order valence-corrected chi connectivity index (χ3v) is 8.63. The number of fused-ring (bicyclic) bond motifs is 1. The Bertz CT molecular complexity index is 1110. The minimum absolute atomic E-state index is 0.139. The van der Waals surface area contributed by atoms with E-state index in [0.717, 1.165) is 44.5 Å². The van der Waals surface area contributed by atoms with E-state index in [9.17, 15) is 13.2 Å². The second-order valence-electron chi connectivity index (χ2n) is 10.3. The quantitative estimate of drug-likeness (QED) is 0.780. The molecule has 6 fully saturated rings. The Labute approximate surface area is 184 Å². The first kappa shape index (κ1) is 19.3. The van der Waals surface area contributed by atoms with Crippen molar-refractivity contribution in [2.75, 3.05) is 25.5 Å². The summed E-state index contributed by atoms with van der Waals surface area (Å²) in [6.45, 7) is 4.82. The van der Waals surface area contributed by atoms with Gasteiger partial charge < -0.3 is 15.0 Å². The highest BCUT2D eigenvalue weighted by Crippen LogP contribution is 2.89. The summed E-state index contributed by atoms with van der Waals surface area (Å²) < 4.78 is 48.1. The smallest absolute Gasteiger partial charge is 0.383 e. The van der Waals surface area contributed by atoms with E-state index < -0.39 is 17.6 Å². The molecule has 2 aromatic heterocycles. The number of rotatable bonds is 4. The van der Waals surface area contributed by atoms with Gasteiger partial charge in [-0.3, -0.25) is 4.90 Å².